The van der Waals surface area contributed by atoms with Gasteiger partial charge in [-0.15, -0.1) is 0 Å². The molecule has 0 bridgehead atoms. The summed E-state index contributed by atoms with van der Waals surface area (Å²) in [4.78, 5) is 11.9. The van der Waals surface area contributed by atoms with Crippen LogP contribution in [0, 0.1) is 0 Å². The highest BCUT2D eigenvalue weighted by atomic mass is 35.5. The summed E-state index contributed by atoms with van der Waals surface area (Å²) >= 11 is 5.98. The zero-order chi connectivity index (χ0) is 15.2. The average molecular weight is 301 g/mol. The summed E-state index contributed by atoms with van der Waals surface area (Å²) in [5.41, 5.74) is 0.272. The van der Waals surface area contributed by atoms with Gasteiger partial charge in [-0.2, -0.15) is 0 Å². The van der Waals surface area contributed by atoms with E-state index >= 15 is 0 Å². The lowest BCUT2D eigenvalue weighted by Gasteiger charge is -2.22. The first kappa shape index (κ1) is 17.0. The standard InChI is InChI=1S/C15H21ClO4/c1-15(2,19-4)7-8-20-10-13(17)11-5-6-14(18-3)12(16)9-11/h5-6,9H,7-8,10H2,1-4H3. The zero-order valence-corrected chi connectivity index (χ0v) is 13.1. The van der Waals surface area contributed by atoms with E-state index in [-0.39, 0.29) is 18.0 Å². The minimum atomic E-state index is -0.244. The first-order valence-corrected chi connectivity index (χ1v) is 6.77. The molecule has 0 aliphatic rings. The molecule has 0 aliphatic carbocycles. The van der Waals surface area contributed by atoms with Crippen LogP contribution in [0.5, 0.6) is 5.75 Å². The van der Waals surface area contributed by atoms with Gasteiger partial charge in [0.2, 0.25) is 0 Å². The van der Waals surface area contributed by atoms with Crippen LogP contribution in [-0.2, 0) is 9.47 Å². The number of methoxy groups -OCH3 is 2. The van der Waals surface area contributed by atoms with Crippen LogP contribution in [0.1, 0.15) is 30.6 Å². The van der Waals surface area contributed by atoms with Gasteiger partial charge in [0.25, 0.3) is 0 Å². The number of carbonyl (C=O) groups is 1. The predicted octanol–water partition coefficient (Wildman–Crippen LogP) is 3.36. The smallest absolute Gasteiger partial charge is 0.188 e. The predicted molar refractivity (Wildman–Crippen MR) is 78.9 cm³/mol. The van der Waals surface area contributed by atoms with Crippen LogP contribution in [0.3, 0.4) is 0 Å². The second-order valence-corrected chi connectivity index (χ2v) is 5.45. The SMILES string of the molecule is COc1ccc(C(=O)COCCC(C)(C)OC)cc1Cl. The number of ketones is 1. The van der Waals surface area contributed by atoms with Gasteiger partial charge in [-0.05, 0) is 38.5 Å². The van der Waals surface area contributed by atoms with Gasteiger partial charge in [-0.25, -0.2) is 0 Å². The molecule has 0 aromatic heterocycles. The van der Waals surface area contributed by atoms with E-state index in [1.54, 1.807) is 25.3 Å². The summed E-state index contributed by atoms with van der Waals surface area (Å²) in [6.07, 6.45) is 0.722. The Kier molecular flexibility index (Phi) is 6.46. The van der Waals surface area contributed by atoms with Gasteiger partial charge in [0, 0.05) is 19.3 Å². The quantitative estimate of drug-likeness (QED) is 0.545. The Hall–Kier alpha value is -1.10. The molecule has 0 spiro atoms. The number of rotatable bonds is 8. The van der Waals surface area contributed by atoms with Gasteiger partial charge < -0.3 is 14.2 Å². The number of hydrogen-bond acceptors (Lipinski definition) is 4. The maximum absolute atomic E-state index is 11.9. The zero-order valence-electron chi connectivity index (χ0n) is 12.4. The molecule has 1 rings (SSSR count). The van der Waals surface area contributed by atoms with Crippen molar-refractivity contribution in [1.82, 2.24) is 0 Å². The molecule has 0 fully saturated rings. The van der Waals surface area contributed by atoms with Crippen LogP contribution in [0.15, 0.2) is 18.2 Å². The Bertz CT molecular complexity index is 457. The fourth-order valence-electron chi connectivity index (χ4n) is 1.51. The molecule has 0 aliphatic heterocycles. The highest BCUT2D eigenvalue weighted by molar-refractivity contribution is 6.32. The topological polar surface area (TPSA) is 44.8 Å². The van der Waals surface area contributed by atoms with Gasteiger partial charge in [0.15, 0.2) is 5.78 Å². The molecule has 4 nitrogen and oxygen atoms in total. The molecule has 0 saturated carbocycles. The number of benzene rings is 1. The Morgan fingerprint density at radius 1 is 1.30 bits per heavy atom. The Labute approximate surface area is 125 Å². The monoisotopic (exact) mass is 300 g/mol. The maximum Gasteiger partial charge on any atom is 0.188 e. The maximum atomic E-state index is 11.9. The van der Waals surface area contributed by atoms with Gasteiger partial charge in [-0.1, -0.05) is 11.6 Å². The molecule has 0 amide bonds. The van der Waals surface area contributed by atoms with E-state index in [0.29, 0.717) is 22.9 Å². The molecule has 0 radical (unpaired) electrons. The number of halogens is 1. The largest absolute Gasteiger partial charge is 0.495 e. The fourth-order valence-corrected chi connectivity index (χ4v) is 1.77. The molecule has 1 aromatic carbocycles. The molecular formula is C15H21ClO4. The summed E-state index contributed by atoms with van der Waals surface area (Å²) in [5.74, 6) is 0.441. The van der Waals surface area contributed by atoms with Crippen LogP contribution in [0.4, 0.5) is 0 Å². The Balaban J connectivity index is 2.45. The van der Waals surface area contributed by atoms with Crippen LogP contribution < -0.4 is 4.74 Å². The lowest BCUT2D eigenvalue weighted by atomic mass is 10.1. The molecule has 0 N–H and O–H groups in total. The molecule has 0 atom stereocenters. The van der Waals surface area contributed by atoms with Crippen molar-refractivity contribution in [2.24, 2.45) is 0 Å². The van der Waals surface area contributed by atoms with Crippen molar-refractivity contribution in [2.45, 2.75) is 25.9 Å². The van der Waals surface area contributed by atoms with Crippen molar-refractivity contribution >= 4 is 17.4 Å². The minimum absolute atomic E-state index is 0.0302. The molecule has 5 heteroatoms. The summed E-state index contributed by atoms with van der Waals surface area (Å²) in [7, 11) is 3.19. The molecule has 20 heavy (non-hydrogen) atoms. The third kappa shape index (κ3) is 5.12. The van der Waals surface area contributed by atoms with E-state index in [9.17, 15) is 4.79 Å². The lowest BCUT2D eigenvalue weighted by Crippen LogP contribution is -2.25. The summed E-state index contributed by atoms with van der Waals surface area (Å²) in [6, 6.07) is 4.93. The second kappa shape index (κ2) is 7.62. The van der Waals surface area contributed by atoms with Crippen molar-refractivity contribution < 1.29 is 19.0 Å². The first-order valence-electron chi connectivity index (χ1n) is 6.39. The van der Waals surface area contributed by atoms with Gasteiger partial charge in [0.1, 0.15) is 12.4 Å². The highest BCUT2D eigenvalue weighted by Gasteiger charge is 2.16. The normalized spacial score (nSPS) is 11.4. The van der Waals surface area contributed by atoms with Crippen LogP contribution >= 0.6 is 11.6 Å². The third-order valence-electron chi connectivity index (χ3n) is 3.11. The van der Waals surface area contributed by atoms with Gasteiger partial charge >= 0.3 is 0 Å². The van der Waals surface area contributed by atoms with Crippen LogP contribution in [-0.4, -0.2) is 38.8 Å². The average Bonchev–Trinajstić information content (AvgIpc) is 2.43. The highest BCUT2D eigenvalue weighted by Crippen LogP contribution is 2.25. The Morgan fingerprint density at radius 3 is 2.55 bits per heavy atom. The summed E-state index contributed by atoms with van der Waals surface area (Å²) in [6.45, 7) is 4.45. The van der Waals surface area contributed by atoms with Crippen LogP contribution in [0.25, 0.3) is 0 Å². The molecule has 112 valence electrons. The van der Waals surface area contributed by atoms with E-state index in [2.05, 4.69) is 0 Å². The Morgan fingerprint density at radius 2 is 2.00 bits per heavy atom. The van der Waals surface area contributed by atoms with Crippen molar-refractivity contribution in [3.05, 3.63) is 28.8 Å². The van der Waals surface area contributed by atoms with Crippen molar-refractivity contribution in [1.29, 1.82) is 0 Å². The van der Waals surface area contributed by atoms with E-state index in [0.717, 1.165) is 6.42 Å². The van der Waals surface area contributed by atoms with Crippen molar-refractivity contribution in [2.75, 3.05) is 27.4 Å². The summed E-state index contributed by atoms with van der Waals surface area (Å²) in [5, 5.41) is 0.416. The second-order valence-electron chi connectivity index (χ2n) is 5.04. The van der Waals surface area contributed by atoms with Crippen molar-refractivity contribution in [3.8, 4) is 5.75 Å². The van der Waals surface area contributed by atoms with E-state index in [4.69, 9.17) is 25.8 Å². The first-order chi connectivity index (χ1) is 9.39. The number of ether oxygens (including phenoxy) is 3. The molecule has 1 aromatic rings. The molecular weight excluding hydrogens is 280 g/mol. The number of hydrogen-bond donors (Lipinski definition) is 0. The molecule has 0 heterocycles. The number of carbonyl (C=O) groups excluding carboxylic acids is 1. The molecule has 0 saturated heterocycles. The molecule has 0 unspecified atom stereocenters. The number of Topliss-reactive ketones (excluding diaryl/α,β-unsaturated/α-hetero) is 1. The minimum Gasteiger partial charge on any atom is -0.495 e. The fraction of sp³-hybridized carbons (Fsp3) is 0.533. The van der Waals surface area contributed by atoms with E-state index < -0.39 is 0 Å². The van der Waals surface area contributed by atoms with E-state index in [1.165, 1.54) is 7.11 Å². The summed E-state index contributed by atoms with van der Waals surface area (Å²) < 4.78 is 15.7. The van der Waals surface area contributed by atoms with E-state index in [1.807, 2.05) is 13.8 Å². The van der Waals surface area contributed by atoms with Crippen molar-refractivity contribution in [3.63, 3.8) is 0 Å². The lowest BCUT2D eigenvalue weighted by molar-refractivity contribution is -0.00837. The van der Waals surface area contributed by atoms with Crippen LogP contribution in [0.2, 0.25) is 5.02 Å². The van der Waals surface area contributed by atoms with Gasteiger partial charge in [-0.3, -0.25) is 4.79 Å². The third-order valence-corrected chi connectivity index (χ3v) is 3.40. The van der Waals surface area contributed by atoms with Gasteiger partial charge in [0.05, 0.1) is 17.7 Å².